The number of ether oxygens (including phenoxy) is 1. The van der Waals surface area contributed by atoms with Crippen molar-refractivity contribution in [3.63, 3.8) is 0 Å². The van der Waals surface area contributed by atoms with Gasteiger partial charge in [-0.25, -0.2) is 0 Å². The van der Waals surface area contributed by atoms with E-state index in [1.807, 2.05) is 6.07 Å². The Morgan fingerprint density at radius 2 is 1.02 bits per heavy atom. The second-order valence-corrected chi connectivity index (χ2v) is 25.7. The first-order valence-corrected chi connectivity index (χ1v) is 30.7. The van der Waals surface area contributed by atoms with Gasteiger partial charge in [-0.3, -0.25) is 0 Å². The summed E-state index contributed by atoms with van der Waals surface area (Å²) in [5.74, 6) is 1.31. The van der Waals surface area contributed by atoms with Crippen LogP contribution in [0.15, 0.2) is 261 Å². The van der Waals surface area contributed by atoms with Gasteiger partial charge in [0.2, 0.25) is 0 Å². The van der Waals surface area contributed by atoms with Crippen molar-refractivity contribution in [1.29, 1.82) is 0 Å². The third-order valence-electron chi connectivity index (χ3n) is 18.8. The minimum Gasteiger partial charge on any atom is -0.458 e. The van der Waals surface area contributed by atoms with Crippen molar-refractivity contribution in [2.24, 2.45) is 0 Å². The molecule has 424 valence electrons. The number of nitrogens with zero attached hydrogens (tertiary/aromatic N) is 4. The third-order valence-corrected chi connectivity index (χ3v) is 18.8. The lowest BCUT2D eigenvalue weighted by Gasteiger charge is -2.41. The summed E-state index contributed by atoms with van der Waals surface area (Å²) in [6.45, 7) is 13.2. The van der Waals surface area contributed by atoms with Crippen molar-refractivity contribution in [3.8, 4) is 39.4 Å². The topological polar surface area (TPSA) is 23.9 Å². The molecule has 1 aromatic heterocycles. The first-order valence-electron chi connectivity index (χ1n) is 32.2. The van der Waals surface area contributed by atoms with Crippen LogP contribution in [0.4, 0.5) is 51.2 Å². The summed E-state index contributed by atoms with van der Waals surface area (Å²) in [7, 11) is 0. The summed E-state index contributed by atoms with van der Waals surface area (Å²) in [6, 6.07) is 93.5. The minimum absolute atomic E-state index is 0.175. The quantitative estimate of drug-likeness (QED) is 0.134. The SMILES string of the molecule is [2H]C([2H])([2H])c1cc2c3c(c1)N(c1ccc(-c4c(C)cc(-n5c6ccccc6c6cc(N(c7ccccc7)c7ccccc7)ccc65)cc4C)cc1)c1cc(C(C)(C)C)ccc1B3c1cc3c(cc1O2)-c1ccc(N(c2ccccc2)c2ccccc2)cc1C3(C)C. The smallest absolute Gasteiger partial charge is 0.256 e. The number of fused-ring (bicyclic) bond motifs is 10. The largest absolute Gasteiger partial charge is 0.458 e. The van der Waals surface area contributed by atoms with E-state index in [9.17, 15) is 0 Å². The minimum atomic E-state index is -2.41. The van der Waals surface area contributed by atoms with Crippen LogP contribution in [0.25, 0.3) is 49.7 Å². The lowest BCUT2D eigenvalue weighted by Crippen LogP contribution is -2.59. The molecule has 0 saturated carbocycles. The van der Waals surface area contributed by atoms with Crippen LogP contribution in [0.1, 0.15) is 72.1 Å². The van der Waals surface area contributed by atoms with Crippen LogP contribution in [0, 0.1) is 20.7 Å². The average Bonchev–Trinajstić information content (AvgIpc) is 1.54. The third kappa shape index (κ3) is 8.44. The molecule has 2 aliphatic heterocycles. The molecule has 3 aliphatic rings. The molecule has 0 fully saturated rings. The maximum atomic E-state index is 8.93. The molecule has 5 nitrogen and oxygen atoms in total. The van der Waals surface area contributed by atoms with E-state index in [1.165, 1.54) is 49.7 Å². The summed E-state index contributed by atoms with van der Waals surface area (Å²) in [4.78, 5) is 6.95. The van der Waals surface area contributed by atoms with Crippen molar-refractivity contribution in [3.05, 3.63) is 294 Å². The Morgan fingerprint density at radius 1 is 0.455 bits per heavy atom. The normalized spacial score (nSPS) is 14.0. The standard InChI is InChI=1S/C82H67BN4O/c1-52-43-76-80-78(44-52)88-77-50-67-65-40-38-63(85(59-27-17-11-18-28-59)60-29-19-12-20-30-60)49-69(65)82(7,8)70(67)51-72(77)83(80)71-41-35-56(81(4,5)6)47-75(71)86(76)61-36-33-55(34-37-61)79-53(2)45-64(46-54(79)3)87-73-32-22-21-31-66(73)68-48-62(39-42-74(68)87)84(57-23-13-9-14-24-57)58-25-15-10-16-26-58/h9-51H,1-8H3/i1D3. The van der Waals surface area contributed by atoms with Gasteiger partial charge in [0.05, 0.1) is 11.0 Å². The zero-order valence-electron chi connectivity index (χ0n) is 53.6. The molecule has 1 aliphatic carbocycles. The molecule has 6 heteroatoms. The van der Waals surface area contributed by atoms with Crippen molar-refractivity contribution in [1.82, 2.24) is 4.57 Å². The van der Waals surface area contributed by atoms with Gasteiger partial charge in [0.25, 0.3) is 6.71 Å². The molecule has 0 amide bonds. The van der Waals surface area contributed by atoms with Crippen LogP contribution in [0.3, 0.4) is 0 Å². The van der Waals surface area contributed by atoms with E-state index in [2.05, 4.69) is 316 Å². The average molecular weight is 1140 g/mol. The van der Waals surface area contributed by atoms with E-state index in [0.717, 1.165) is 101 Å². The molecule has 0 unspecified atom stereocenters. The summed E-state index contributed by atoms with van der Waals surface area (Å²) in [5.41, 5.74) is 26.2. The molecule has 0 saturated heterocycles. The van der Waals surface area contributed by atoms with Gasteiger partial charge in [-0.15, -0.1) is 0 Å². The second-order valence-electron chi connectivity index (χ2n) is 25.7. The molecule has 0 bridgehead atoms. The maximum absolute atomic E-state index is 8.93. The first-order chi connectivity index (χ1) is 44.0. The van der Waals surface area contributed by atoms with E-state index >= 15 is 0 Å². The van der Waals surface area contributed by atoms with Gasteiger partial charge in [0, 0.05) is 77.2 Å². The highest BCUT2D eigenvalue weighted by Gasteiger charge is 2.45. The Hall–Kier alpha value is -10.3. The molecule has 0 atom stereocenters. The number of anilines is 9. The molecular weight excluding hydrogens is 1070 g/mol. The van der Waals surface area contributed by atoms with Gasteiger partial charge >= 0.3 is 0 Å². The molecular formula is C82H67BN4O. The monoisotopic (exact) mass is 1140 g/mol. The van der Waals surface area contributed by atoms with Crippen molar-refractivity contribution < 1.29 is 8.85 Å². The van der Waals surface area contributed by atoms with E-state index in [-0.39, 0.29) is 23.1 Å². The fourth-order valence-corrected chi connectivity index (χ4v) is 14.7. The van der Waals surface area contributed by atoms with E-state index < -0.39 is 6.85 Å². The summed E-state index contributed by atoms with van der Waals surface area (Å²) in [5, 5.41) is 2.38. The predicted octanol–water partition coefficient (Wildman–Crippen LogP) is 20.3. The van der Waals surface area contributed by atoms with Crippen LogP contribution in [-0.2, 0) is 10.8 Å². The summed E-state index contributed by atoms with van der Waals surface area (Å²) < 4.78 is 36.4. The highest BCUT2D eigenvalue weighted by atomic mass is 16.5. The molecule has 0 spiro atoms. The summed E-state index contributed by atoms with van der Waals surface area (Å²) in [6.07, 6.45) is 0. The Bertz CT molecular complexity index is 4950. The van der Waals surface area contributed by atoms with E-state index in [1.54, 1.807) is 6.07 Å². The molecule has 0 N–H and O–H groups in total. The Morgan fingerprint density at radius 3 is 1.64 bits per heavy atom. The number of aryl methyl sites for hydroxylation is 3. The molecule has 3 heterocycles. The second kappa shape index (κ2) is 20.2. The van der Waals surface area contributed by atoms with Crippen LogP contribution >= 0.6 is 0 Å². The summed E-state index contributed by atoms with van der Waals surface area (Å²) >= 11 is 0. The molecule has 0 radical (unpaired) electrons. The number of para-hydroxylation sites is 5. The fraction of sp³-hybridized carbons (Fsp3) is 0.122. The number of hydrogen-bond acceptors (Lipinski definition) is 4. The number of aromatic nitrogens is 1. The molecule has 16 rings (SSSR count). The number of benzene rings is 12. The zero-order chi connectivity index (χ0) is 62.2. The van der Waals surface area contributed by atoms with Crippen LogP contribution in [0.5, 0.6) is 11.5 Å². The Balaban J connectivity index is 0.789. The van der Waals surface area contributed by atoms with Gasteiger partial charge in [0.15, 0.2) is 0 Å². The van der Waals surface area contributed by atoms with Crippen LogP contribution in [-0.4, -0.2) is 11.3 Å². The Kier molecular flexibility index (Phi) is 11.4. The van der Waals surface area contributed by atoms with Crippen LogP contribution < -0.4 is 35.8 Å². The van der Waals surface area contributed by atoms with Gasteiger partial charge in [0.1, 0.15) is 11.5 Å². The van der Waals surface area contributed by atoms with Crippen LogP contribution in [0.2, 0.25) is 0 Å². The highest BCUT2D eigenvalue weighted by Crippen LogP contribution is 2.53. The molecule has 12 aromatic carbocycles. The number of rotatable bonds is 9. The van der Waals surface area contributed by atoms with Crippen molar-refractivity contribution >= 4 is 96.1 Å². The van der Waals surface area contributed by atoms with Gasteiger partial charge in [-0.05, 0) is 232 Å². The lowest BCUT2D eigenvalue weighted by atomic mass is 9.34. The fourth-order valence-electron chi connectivity index (χ4n) is 14.7. The maximum Gasteiger partial charge on any atom is 0.256 e. The van der Waals surface area contributed by atoms with Gasteiger partial charge in [-0.2, -0.15) is 0 Å². The molecule has 13 aromatic rings. The first kappa shape index (κ1) is 49.9. The molecule has 88 heavy (non-hydrogen) atoms. The van der Waals surface area contributed by atoms with Gasteiger partial charge < -0.3 is 24.0 Å². The van der Waals surface area contributed by atoms with E-state index in [4.69, 9.17) is 8.85 Å². The number of hydrogen-bond donors (Lipinski definition) is 0. The highest BCUT2D eigenvalue weighted by molar-refractivity contribution is 6.99. The lowest BCUT2D eigenvalue weighted by molar-refractivity contribution is 0.487. The Labute approximate surface area is 521 Å². The van der Waals surface area contributed by atoms with Gasteiger partial charge in [-0.1, -0.05) is 162 Å². The van der Waals surface area contributed by atoms with Crippen molar-refractivity contribution in [2.75, 3.05) is 14.7 Å². The predicted molar refractivity (Wildman–Crippen MR) is 372 cm³/mol. The van der Waals surface area contributed by atoms with Crippen molar-refractivity contribution in [2.45, 2.75) is 66.1 Å². The van der Waals surface area contributed by atoms with E-state index in [0.29, 0.717) is 5.75 Å². The zero-order valence-corrected chi connectivity index (χ0v) is 50.6.